The number of nitrogens with one attached hydrogen (secondary N) is 1. The van der Waals surface area contributed by atoms with Gasteiger partial charge in [0.1, 0.15) is 0 Å². The zero-order valence-corrected chi connectivity index (χ0v) is 14.0. The number of hydrogen-bond acceptors (Lipinski definition) is 3. The van der Waals surface area contributed by atoms with Crippen molar-refractivity contribution in [2.45, 2.75) is 19.0 Å². The SMILES string of the molecule is Clc1ccc(Br)cc1CN1CCC(N2CCNCC2)C1. The molecule has 2 aliphatic rings. The third-order valence-electron chi connectivity index (χ3n) is 4.32. The fraction of sp³-hybridized carbons (Fsp3) is 0.600. The Morgan fingerprint density at radius 1 is 1.25 bits per heavy atom. The van der Waals surface area contributed by atoms with Crippen LogP contribution in [0.4, 0.5) is 0 Å². The van der Waals surface area contributed by atoms with Crippen LogP contribution in [-0.2, 0) is 6.54 Å². The molecule has 0 spiro atoms. The van der Waals surface area contributed by atoms with E-state index in [4.69, 9.17) is 11.6 Å². The topological polar surface area (TPSA) is 18.5 Å². The molecule has 0 bridgehead atoms. The number of benzene rings is 1. The smallest absolute Gasteiger partial charge is 0.0451 e. The summed E-state index contributed by atoms with van der Waals surface area (Å²) in [6.07, 6.45) is 1.28. The van der Waals surface area contributed by atoms with Crippen LogP contribution in [0.25, 0.3) is 0 Å². The van der Waals surface area contributed by atoms with Crippen molar-refractivity contribution in [1.82, 2.24) is 15.1 Å². The molecule has 0 aromatic heterocycles. The van der Waals surface area contributed by atoms with Crippen LogP contribution in [-0.4, -0.2) is 55.1 Å². The molecule has 0 saturated carbocycles. The van der Waals surface area contributed by atoms with E-state index >= 15 is 0 Å². The van der Waals surface area contributed by atoms with Crippen molar-refractivity contribution in [3.05, 3.63) is 33.3 Å². The van der Waals surface area contributed by atoms with Crippen molar-refractivity contribution < 1.29 is 0 Å². The van der Waals surface area contributed by atoms with Crippen LogP contribution in [0.3, 0.4) is 0 Å². The fourth-order valence-corrected chi connectivity index (χ4v) is 3.79. The van der Waals surface area contributed by atoms with E-state index in [2.05, 4.69) is 37.1 Å². The maximum absolute atomic E-state index is 6.29. The molecule has 5 heteroatoms. The van der Waals surface area contributed by atoms with Crippen LogP contribution in [0.5, 0.6) is 0 Å². The molecule has 2 saturated heterocycles. The van der Waals surface area contributed by atoms with Gasteiger partial charge in [-0.3, -0.25) is 9.80 Å². The highest BCUT2D eigenvalue weighted by Crippen LogP contribution is 2.25. The van der Waals surface area contributed by atoms with E-state index < -0.39 is 0 Å². The average molecular weight is 359 g/mol. The van der Waals surface area contributed by atoms with E-state index in [1.165, 1.54) is 38.2 Å². The first kappa shape index (κ1) is 14.8. The third kappa shape index (κ3) is 3.55. The molecule has 1 atom stereocenters. The molecular formula is C15H21BrClN3. The Balaban J connectivity index is 1.58. The van der Waals surface area contributed by atoms with Gasteiger partial charge in [0.15, 0.2) is 0 Å². The van der Waals surface area contributed by atoms with Crippen molar-refractivity contribution in [3.63, 3.8) is 0 Å². The largest absolute Gasteiger partial charge is 0.314 e. The molecule has 1 aromatic rings. The lowest BCUT2D eigenvalue weighted by molar-refractivity contribution is 0.170. The normalized spacial score (nSPS) is 25.2. The number of hydrogen-bond donors (Lipinski definition) is 1. The summed E-state index contributed by atoms with van der Waals surface area (Å²) in [4.78, 5) is 5.17. The summed E-state index contributed by atoms with van der Waals surface area (Å²) in [6.45, 7) is 7.95. The maximum Gasteiger partial charge on any atom is 0.0451 e. The highest BCUT2D eigenvalue weighted by atomic mass is 79.9. The Morgan fingerprint density at radius 2 is 2.05 bits per heavy atom. The van der Waals surface area contributed by atoms with Crippen LogP contribution in [0.2, 0.25) is 5.02 Å². The van der Waals surface area contributed by atoms with Crippen molar-refractivity contribution in [2.75, 3.05) is 39.3 Å². The highest BCUT2D eigenvalue weighted by molar-refractivity contribution is 9.10. The number of likely N-dealkylation sites (tertiary alicyclic amines) is 1. The zero-order valence-electron chi connectivity index (χ0n) is 11.6. The molecule has 2 aliphatic heterocycles. The van der Waals surface area contributed by atoms with E-state index in [-0.39, 0.29) is 0 Å². The molecule has 2 fully saturated rings. The van der Waals surface area contributed by atoms with Crippen molar-refractivity contribution in [3.8, 4) is 0 Å². The standard InChI is InChI=1S/C15H21BrClN3/c16-13-1-2-15(17)12(9-13)10-19-6-3-14(11-19)20-7-4-18-5-8-20/h1-2,9,14,18H,3-8,10-11H2. The molecule has 2 heterocycles. The van der Waals surface area contributed by atoms with Gasteiger partial charge in [-0.15, -0.1) is 0 Å². The summed E-state index contributed by atoms with van der Waals surface area (Å²) in [5.74, 6) is 0. The maximum atomic E-state index is 6.29. The van der Waals surface area contributed by atoms with Gasteiger partial charge >= 0.3 is 0 Å². The van der Waals surface area contributed by atoms with E-state index in [9.17, 15) is 0 Å². The van der Waals surface area contributed by atoms with E-state index in [1.54, 1.807) is 0 Å². The second kappa shape index (κ2) is 6.75. The van der Waals surface area contributed by atoms with Gasteiger partial charge < -0.3 is 5.32 Å². The first-order chi connectivity index (χ1) is 9.72. The van der Waals surface area contributed by atoms with Crippen molar-refractivity contribution in [1.29, 1.82) is 0 Å². The summed E-state index contributed by atoms with van der Waals surface area (Å²) >= 11 is 9.82. The lowest BCUT2D eigenvalue weighted by atomic mass is 10.2. The summed E-state index contributed by atoms with van der Waals surface area (Å²) in [6, 6.07) is 6.84. The molecule has 20 heavy (non-hydrogen) atoms. The quantitative estimate of drug-likeness (QED) is 0.896. The molecular weight excluding hydrogens is 338 g/mol. The average Bonchev–Trinajstić information content (AvgIpc) is 2.92. The molecule has 1 unspecified atom stereocenters. The Morgan fingerprint density at radius 3 is 2.85 bits per heavy atom. The Labute approximate surface area is 134 Å². The van der Waals surface area contributed by atoms with Crippen LogP contribution in [0.1, 0.15) is 12.0 Å². The predicted octanol–water partition coefficient (Wildman–Crippen LogP) is 2.58. The second-order valence-electron chi connectivity index (χ2n) is 5.70. The van der Waals surface area contributed by atoms with Gasteiger partial charge in [-0.1, -0.05) is 27.5 Å². The molecule has 0 amide bonds. The molecule has 3 rings (SSSR count). The van der Waals surface area contributed by atoms with Crippen LogP contribution in [0.15, 0.2) is 22.7 Å². The predicted molar refractivity (Wildman–Crippen MR) is 87.3 cm³/mol. The first-order valence-corrected chi connectivity index (χ1v) is 8.50. The Hall–Kier alpha value is -0.130. The van der Waals surface area contributed by atoms with E-state index in [0.717, 1.165) is 35.2 Å². The van der Waals surface area contributed by atoms with Gasteiger partial charge in [-0.25, -0.2) is 0 Å². The number of nitrogens with zero attached hydrogens (tertiary/aromatic N) is 2. The summed E-state index contributed by atoms with van der Waals surface area (Å²) < 4.78 is 1.11. The van der Waals surface area contributed by atoms with Crippen molar-refractivity contribution >= 4 is 27.5 Å². The Bertz CT molecular complexity index is 462. The summed E-state index contributed by atoms with van der Waals surface area (Å²) in [7, 11) is 0. The van der Waals surface area contributed by atoms with Crippen LogP contribution in [0, 0.1) is 0 Å². The second-order valence-corrected chi connectivity index (χ2v) is 7.02. The van der Waals surface area contributed by atoms with Gasteiger partial charge in [0.2, 0.25) is 0 Å². The van der Waals surface area contributed by atoms with Gasteiger partial charge in [-0.05, 0) is 30.2 Å². The molecule has 1 aromatic carbocycles. The molecule has 3 nitrogen and oxygen atoms in total. The van der Waals surface area contributed by atoms with E-state index in [0.29, 0.717) is 0 Å². The minimum Gasteiger partial charge on any atom is -0.314 e. The molecule has 110 valence electrons. The minimum absolute atomic E-state index is 0.725. The van der Waals surface area contributed by atoms with Gasteiger partial charge in [0, 0.05) is 61.4 Å². The molecule has 0 radical (unpaired) electrons. The fourth-order valence-electron chi connectivity index (χ4n) is 3.21. The zero-order chi connectivity index (χ0) is 13.9. The number of rotatable bonds is 3. The number of piperazine rings is 1. The molecule has 0 aliphatic carbocycles. The van der Waals surface area contributed by atoms with Gasteiger partial charge in [-0.2, -0.15) is 0 Å². The third-order valence-corrected chi connectivity index (χ3v) is 5.18. The lowest BCUT2D eigenvalue weighted by Gasteiger charge is -2.32. The summed E-state index contributed by atoms with van der Waals surface area (Å²) in [5, 5.41) is 4.30. The van der Waals surface area contributed by atoms with E-state index in [1.807, 2.05) is 12.1 Å². The minimum atomic E-state index is 0.725. The highest BCUT2D eigenvalue weighted by Gasteiger charge is 2.28. The Kier molecular flexibility index (Phi) is 5.00. The van der Waals surface area contributed by atoms with Crippen LogP contribution >= 0.6 is 27.5 Å². The van der Waals surface area contributed by atoms with Crippen molar-refractivity contribution in [2.24, 2.45) is 0 Å². The van der Waals surface area contributed by atoms with Gasteiger partial charge in [0.05, 0.1) is 0 Å². The lowest BCUT2D eigenvalue weighted by Crippen LogP contribution is -2.49. The van der Waals surface area contributed by atoms with Gasteiger partial charge in [0.25, 0.3) is 0 Å². The summed E-state index contributed by atoms with van der Waals surface area (Å²) in [5.41, 5.74) is 1.22. The molecule has 1 N–H and O–H groups in total. The van der Waals surface area contributed by atoms with Crippen LogP contribution < -0.4 is 5.32 Å². The monoisotopic (exact) mass is 357 g/mol. The number of halogens is 2. The first-order valence-electron chi connectivity index (χ1n) is 7.33.